The first-order valence-electron chi connectivity index (χ1n) is 14.3. The molecule has 0 amide bonds. The van der Waals surface area contributed by atoms with Gasteiger partial charge in [0.1, 0.15) is 0 Å². The van der Waals surface area contributed by atoms with Crippen molar-refractivity contribution in [1.82, 2.24) is 0 Å². The van der Waals surface area contributed by atoms with Crippen LogP contribution in [-0.2, 0) is 0 Å². The van der Waals surface area contributed by atoms with Crippen LogP contribution in [0.25, 0.3) is 0 Å². The maximum absolute atomic E-state index is 2.37. The molecule has 0 bridgehead atoms. The SMILES string of the molecule is CCCC[C@H]1CC[C@H](C(CC[C@H]2CC[C@H](CCC)CC2)CC2CCCCC2)CC1. The fraction of sp³-hybridized carbons (Fsp3) is 1.00. The number of rotatable bonds is 11. The van der Waals surface area contributed by atoms with Crippen molar-refractivity contribution in [1.29, 1.82) is 0 Å². The molecular formula is C29H54. The molecule has 0 aromatic carbocycles. The van der Waals surface area contributed by atoms with E-state index in [2.05, 4.69) is 13.8 Å². The summed E-state index contributed by atoms with van der Waals surface area (Å²) in [6.45, 7) is 4.74. The standard InChI is InChI=1S/C29H54/c1-3-5-10-25-17-20-28(21-18-25)29(23-27-11-7-6-8-12-27)22-19-26-15-13-24(9-4-2)14-16-26/h24-29H,3-23H2,1-2H3/t24-,25-,26-,28-,29?. The number of hydrogen-bond donors (Lipinski definition) is 0. The Morgan fingerprint density at radius 3 is 1.76 bits per heavy atom. The van der Waals surface area contributed by atoms with Gasteiger partial charge in [-0.25, -0.2) is 0 Å². The average molecular weight is 403 g/mol. The summed E-state index contributed by atoms with van der Waals surface area (Å²) in [5.74, 6) is 6.50. The Kier molecular flexibility index (Phi) is 10.9. The van der Waals surface area contributed by atoms with Crippen LogP contribution in [0, 0.1) is 35.5 Å². The maximum atomic E-state index is 2.37. The zero-order valence-electron chi connectivity index (χ0n) is 20.3. The van der Waals surface area contributed by atoms with E-state index in [9.17, 15) is 0 Å². The van der Waals surface area contributed by atoms with Crippen LogP contribution in [0.3, 0.4) is 0 Å². The molecule has 3 aliphatic rings. The van der Waals surface area contributed by atoms with Crippen molar-refractivity contribution in [3.8, 4) is 0 Å². The quantitative estimate of drug-likeness (QED) is 0.322. The fourth-order valence-corrected chi connectivity index (χ4v) is 7.50. The third-order valence-corrected chi connectivity index (χ3v) is 9.49. The van der Waals surface area contributed by atoms with Crippen molar-refractivity contribution in [2.75, 3.05) is 0 Å². The van der Waals surface area contributed by atoms with Crippen LogP contribution in [0.2, 0.25) is 0 Å². The molecule has 0 radical (unpaired) electrons. The second-order valence-electron chi connectivity index (χ2n) is 11.7. The Morgan fingerprint density at radius 1 is 0.552 bits per heavy atom. The molecule has 0 saturated heterocycles. The van der Waals surface area contributed by atoms with Gasteiger partial charge in [-0.15, -0.1) is 0 Å². The Morgan fingerprint density at radius 2 is 1.14 bits per heavy atom. The molecule has 0 nitrogen and oxygen atoms in total. The molecule has 29 heavy (non-hydrogen) atoms. The predicted molar refractivity (Wildman–Crippen MR) is 129 cm³/mol. The molecule has 1 atom stereocenters. The average Bonchev–Trinajstić information content (AvgIpc) is 2.77. The molecule has 0 heteroatoms. The van der Waals surface area contributed by atoms with Crippen molar-refractivity contribution in [2.45, 2.75) is 149 Å². The van der Waals surface area contributed by atoms with Crippen molar-refractivity contribution in [3.63, 3.8) is 0 Å². The minimum Gasteiger partial charge on any atom is -0.0654 e. The Bertz CT molecular complexity index is 390. The first kappa shape index (κ1) is 23.7. The maximum Gasteiger partial charge on any atom is -0.0383 e. The van der Waals surface area contributed by atoms with Gasteiger partial charge >= 0.3 is 0 Å². The fourth-order valence-electron chi connectivity index (χ4n) is 7.50. The van der Waals surface area contributed by atoms with E-state index in [-0.39, 0.29) is 0 Å². The van der Waals surface area contributed by atoms with E-state index in [1.807, 2.05) is 0 Å². The largest absolute Gasteiger partial charge is 0.0654 e. The van der Waals surface area contributed by atoms with Crippen LogP contribution in [0.4, 0.5) is 0 Å². The lowest BCUT2D eigenvalue weighted by molar-refractivity contribution is 0.140. The van der Waals surface area contributed by atoms with Gasteiger partial charge in [-0.1, -0.05) is 123 Å². The van der Waals surface area contributed by atoms with Crippen LogP contribution >= 0.6 is 0 Å². The third-order valence-electron chi connectivity index (χ3n) is 9.49. The summed E-state index contributed by atoms with van der Waals surface area (Å²) in [6.07, 6.45) is 32.3. The minimum atomic E-state index is 1.08. The topological polar surface area (TPSA) is 0 Å². The van der Waals surface area contributed by atoms with Gasteiger partial charge in [0.2, 0.25) is 0 Å². The molecule has 3 aliphatic carbocycles. The van der Waals surface area contributed by atoms with Gasteiger partial charge in [0.25, 0.3) is 0 Å². The Balaban J connectivity index is 1.46. The van der Waals surface area contributed by atoms with Crippen molar-refractivity contribution in [3.05, 3.63) is 0 Å². The van der Waals surface area contributed by atoms with Crippen molar-refractivity contribution in [2.24, 2.45) is 35.5 Å². The van der Waals surface area contributed by atoms with E-state index in [1.54, 1.807) is 83.5 Å². The molecule has 0 heterocycles. The normalized spacial score (nSPS) is 32.9. The van der Waals surface area contributed by atoms with Crippen LogP contribution in [0.1, 0.15) is 149 Å². The monoisotopic (exact) mass is 402 g/mol. The van der Waals surface area contributed by atoms with E-state index < -0.39 is 0 Å². The van der Waals surface area contributed by atoms with Crippen LogP contribution < -0.4 is 0 Å². The lowest BCUT2D eigenvalue weighted by Gasteiger charge is -2.38. The van der Waals surface area contributed by atoms with Gasteiger partial charge in [0, 0.05) is 0 Å². The van der Waals surface area contributed by atoms with Crippen LogP contribution in [-0.4, -0.2) is 0 Å². The van der Waals surface area contributed by atoms with E-state index in [0.29, 0.717) is 0 Å². The number of unbranched alkanes of at least 4 members (excludes halogenated alkanes) is 1. The van der Waals surface area contributed by atoms with Gasteiger partial charge in [0.05, 0.1) is 0 Å². The molecule has 3 rings (SSSR count). The predicted octanol–water partition coefficient (Wildman–Crippen LogP) is 9.96. The molecule has 3 saturated carbocycles. The zero-order chi connectivity index (χ0) is 20.3. The molecular weight excluding hydrogens is 348 g/mol. The van der Waals surface area contributed by atoms with E-state index in [1.165, 1.54) is 51.4 Å². The highest BCUT2D eigenvalue weighted by molar-refractivity contribution is 4.82. The highest BCUT2D eigenvalue weighted by Crippen LogP contribution is 2.43. The lowest BCUT2D eigenvalue weighted by Crippen LogP contribution is -2.25. The summed E-state index contributed by atoms with van der Waals surface area (Å²) >= 11 is 0. The minimum absolute atomic E-state index is 1.08. The van der Waals surface area contributed by atoms with E-state index in [0.717, 1.165) is 35.5 Å². The van der Waals surface area contributed by atoms with E-state index in [4.69, 9.17) is 0 Å². The third kappa shape index (κ3) is 8.22. The summed E-state index contributed by atoms with van der Waals surface area (Å²) in [7, 11) is 0. The summed E-state index contributed by atoms with van der Waals surface area (Å²) in [6, 6.07) is 0. The molecule has 0 aromatic heterocycles. The molecule has 0 aromatic rings. The Labute approximate surface area is 184 Å². The first-order chi connectivity index (χ1) is 14.3. The highest BCUT2D eigenvalue weighted by atomic mass is 14.4. The highest BCUT2D eigenvalue weighted by Gasteiger charge is 2.30. The van der Waals surface area contributed by atoms with Crippen LogP contribution in [0.15, 0.2) is 0 Å². The van der Waals surface area contributed by atoms with Crippen molar-refractivity contribution < 1.29 is 0 Å². The molecule has 0 aliphatic heterocycles. The molecule has 0 N–H and O–H groups in total. The van der Waals surface area contributed by atoms with Gasteiger partial charge in [0.15, 0.2) is 0 Å². The second-order valence-corrected chi connectivity index (χ2v) is 11.7. The van der Waals surface area contributed by atoms with Crippen LogP contribution in [0.5, 0.6) is 0 Å². The van der Waals surface area contributed by atoms with Gasteiger partial charge < -0.3 is 0 Å². The van der Waals surface area contributed by atoms with E-state index >= 15 is 0 Å². The lowest BCUT2D eigenvalue weighted by atomic mass is 9.68. The molecule has 0 spiro atoms. The summed E-state index contributed by atoms with van der Waals surface area (Å²) < 4.78 is 0. The second kappa shape index (κ2) is 13.4. The molecule has 1 unspecified atom stereocenters. The smallest absolute Gasteiger partial charge is 0.0383 e. The summed E-state index contributed by atoms with van der Waals surface area (Å²) in [5, 5.41) is 0. The summed E-state index contributed by atoms with van der Waals surface area (Å²) in [5.41, 5.74) is 0. The first-order valence-corrected chi connectivity index (χ1v) is 14.3. The zero-order valence-corrected chi connectivity index (χ0v) is 20.3. The molecule has 170 valence electrons. The summed E-state index contributed by atoms with van der Waals surface area (Å²) in [4.78, 5) is 0. The number of hydrogen-bond acceptors (Lipinski definition) is 0. The Hall–Kier alpha value is 0. The van der Waals surface area contributed by atoms with Gasteiger partial charge in [-0.2, -0.15) is 0 Å². The molecule has 3 fully saturated rings. The van der Waals surface area contributed by atoms with Gasteiger partial charge in [-0.05, 0) is 61.2 Å². The van der Waals surface area contributed by atoms with Crippen molar-refractivity contribution >= 4 is 0 Å². The van der Waals surface area contributed by atoms with Gasteiger partial charge in [-0.3, -0.25) is 0 Å².